The molecule has 1 N–H and O–H groups in total. The van der Waals surface area contributed by atoms with Gasteiger partial charge < -0.3 is 5.32 Å². The fraction of sp³-hybridized carbons (Fsp3) is 0.423. The number of nitrogens with one attached hydrogen (secondary N) is 1. The van der Waals surface area contributed by atoms with Gasteiger partial charge in [0.1, 0.15) is 0 Å². The molecule has 0 heterocycles. The predicted octanol–water partition coefficient (Wildman–Crippen LogP) is 6.58. The standard InChI is InChI=1S/C26H28Cl2F3NO3/c1-15(2)19(25(35)26(29,30)31)14-22(33)24(16(3)18-7-5-4-6-8-18)32-23(34)12-10-17-9-11-20(27)21(28)13-17/h4-9,11,13,15-16,19,24H,10,12,14H2,1-3H3,(H,32,34)/t16-,19-,24-/m0/s1. The molecule has 0 aromatic heterocycles. The Bertz CT molecular complexity index is 1040. The lowest BCUT2D eigenvalue weighted by Gasteiger charge is -2.27. The van der Waals surface area contributed by atoms with Crippen molar-refractivity contribution in [1.29, 1.82) is 0 Å². The topological polar surface area (TPSA) is 63.2 Å². The van der Waals surface area contributed by atoms with Crippen LogP contribution in [0.4, 0.5) is 13.2 Å². The summed E-state index contributed by atoms with van der Waals surface area (Å²) >= 11 is 11.9. The average molecular weight is 530 g/mol. The molecule has 2 aromatic carbocycles. The van der Waals surface area contributed by atoms with Crippen LogP contribution in [0.25, 0.3) is 0 Å². The average Bonchev–Trinajstić information content (AvgIpc) is 2.80. The van der Waals surface area contributed by atoms with Crippen LogP contribution >= 0.6 is 23.2 Å². The monoisotopic (exact) mass is 529 g/mol. The third-order valence-corrected chi connectivity index (χ3v) is 6.69. The summed E-state index contributed by atoms with van der Waals surface area (Å²) in [6.45, 7) is 4.65. The highest BCUT2D eigenvalue weighted by molar-refractivity contribution is 6.42. The third-order valence-electron chi connectivity index (χ3n) is 5.96. The van der Waals surface area contributed by atoms with Gasteiger partial charge in [-0.25, -0.2) is 0 Å². The summed E-state index contributed by atoms with van der Waals surface area (Å²) in [4.78, 5) is 37.9. The van der Waals surface area contributed by atoms with Gasteiger partial charge in [-0.15, -0.1) is 0 Å². The first-order chi connectivity index (χ1) is 16.3. The van der Waals surface area contributed by atoms with E-state index >= 15 is 0 Å². The molecule has 2 rings (SSSR count). The summed E-state index contributed by atoms with van der Waals surface area (Å²) in [5.41, 5.74) is 1.50. The molecule has 0 aliphatic carbocycles. The number of hydrogen-bond acceptors (Lipinski definition) is 3. The number of hydrogen-bond donors (Lipinski definition) is 1. The first kappa shape index (κ1) is 28.9. The van der Waals surface area contributed by atoms with Crippen LogP contribution in [-0.4, -0.2) is 29.7 Å². The second-order valence-electron chi connectivity index (χ2n) is 8.88. The molecule has 0 saturated carbocycles. The lowest BCUT2D eigenvalue weighted by molar-refractivity contribution is -0.177. The Kier molecular flexibility index (Phi) is 10.3. The van der Waals surface area contributed by atoms with Crippen LogP contribution in [-0.2, 0) is 20.8 Å². The maximum Gasteiger partial charge on any atom is 0.450 e. The Morgan fingerprint density at radius 3 is 2.11 bits per heavy atom. The van der Waals surface area contributed by atoms with E-state index in [0.717, 1.165) is 11.1 Å². The summed E-state index contributed by atoms with van der Waals surface area (Å²) in [5, 5.41) is 3.43. The Hall–Kier alpha value is -2.38. The Balaban J connectivity index is 2.22. The second kappa shape index (κ2) is 12.5. The number of rotatable bonds is 11. The molecule has 0 aliphatic rings. The number of benzene rings is 2. The van der Waals surface area contributed by atoms with Crippen molar-refractivity contribution in [3.05, 3.63) is 69.7 Å². The zero-order valence-corrected chi connectivity index (χ0v) is 21.2. The molecule has 0 fully saturated rings. The molecule has 1 amide bonds. The fourth-order valence-corrected chi connectivity index (χ4v) is 4.14. The molecule has 4 nitrogen and oxygen atoms in total. The molecule has 0 radical (unpaired) electrons. The molecule has 0 unspecified atom stereocenters. The van der Waals surface area contributed by atoms with E-state index in [9.17, 15) is 27.6 Å². The largest absolute Gasteiger partial charge is 0.450 e. The molecule has 0 bridgehead atoms. The van der Waals surface area contributed by atoms with E-state index in [1.165, 1.54) is 13.8 Å². The quantitative estimate of drug-likeness (QED) is 0.357. The van der Waals surface area contributed by atoms with Gasteiger partial charge in [0.2, 0.25) is 11.7 Å². The maximum absolute atomic E-state index is 13.2. The third kappa shape index (κ3) is 8.36. The molecule has 3 atom stereocenters. The number of aryl methyl sites for hydroxylation is 1. The SMILES string of the molecule is CC(C)[C@H](CC(=O)[C@@H](NC(=O)CCc1ccc(Cl)c(Cl)c1)[C@@H](C)c1ccccc1)C(=O)C(F)(F)F. The molecular formula is C26H28Cl2F3NO3. The maximum atomic E-state index is 13.2. The summed E-state index contributed by atoms with van der Waals surface area (Å²) in [5.74, 6) is -5.75. The van der Waals surface area contributed by atoms with E-state index in [1.807, 2.05) is 0 Å². The van der Waals surface area contributed by atoms with Crippen molar-refractivity contribution in [1.82, 2.24) is 5.32 Å². The van der Waals surface area contributed by atoms with Crippen molar-refractivity contribution >= 4 is 40.7 Å². The minimum atomic E-state index is -5.04. The van der Waals surface area contributed by atoms with Crippen molar-refractivity contribution < 1.29 is 27.6 Å². The van der Waals surface area contributed by atoms with Crippen molar-refractivity contribution in [2.75, 3.05) is 0 Å². The van der Waals surface area contributed by atoms with Gasteiger partial charge in [-0.05, 0) is 35.6 Å². The number of Topliss-reactive ketones (excluding diaryl/α,β-unsaturated/α-hetero) is 2. The van der Waals surface area contributed by atoms with Gasteiger partial charge in [0.05, 0.1) is 16.1 Å². The van der Waals surface area contributed by atoms with E-state index in [2.05, 4.69) is 5.32 Å². The first-order valence-electron chi connectivity index (χ1n) is 11.2. The molecule has 35 heavy (non-hydrogen) atoms. The van der Waals surface area contributed by atoms with E-state index in [1.54, 1.807) is 55.5 Å². The van der Waals surface area contributed by atoms with Crippen molar-refractivity contribution in [3.8, 4) is 0 Å². The minimum absolute atomic E-state index is 0.0261. The number of amides is 1. The van der Waals surface area contributed by atoms with Crippen molar-refractivity contribution in [2.24, 2.45) is 11.8 Å². The number of carbonyl (C=O) groups excluding carboxylic acids is 3. The minimum Gasteiger partial charge on any atom is -0.346 e. The highest BCUT2D eigenvalue weighted by atomic mass is 35.5. The molecular weight excluding hydrogens is 502 g/mol. The van der Waals surface area contributed by atoms with Crippen LogP contribution in [0.15, 0.2) is 48.5 Å². The van der Waals surface area contributed by atoms with Crippen LogP contribution in [0.3, 0.4) is 0 Å². The summed E-state index contributed by atoms with van der Waals surface area (Å²) in [6, 6.07) is 12.8. The Morgan fingerprint density at radius 2 is 1.57 bits per heavy atom. The molecule has 0 aliphatic heterocycles. The number of carbonyl (C=O) groups is 3. The van der Waals surface area contributed by atoms with Crippen molar-refractivity contribution in [2.45, 2.75) is 58.2 Å². The normalized spacial score (nSPS) is 14.3. The van der Waals surface area contributed by atoms with Crippen LogP contribution in [0.2, 0.25) is 10.0 Å². The Labute approximate surface area is 213 Å². The smallest absolute Gasteiger partial charge is 0.346 e. The zero-order valence-electron chi connectivity index (χ0n) is 19.7. The van der Waals surface area contributed by atoms with Crippen molar-refractivity contribution in [3.63, 3.8) is 0 Å². The van der Waals surface area contributed by atoms with E-state index < -0.39 is 53.9 Å². The predicted molar refractivity (Wildman–Crippen MR) is 131 cm³/mol. The highest BCUT2D eigenvalue weighted by Gasteiger charge is 2.45. The fourth-order valence-electron chi connectivity index (χ4n) is 3.82. The number of ketones is 2. The first-order valence-corrected chi connectivity index (χ1v) is 12.0. The molecule has 0 saturated heterocycles. The molecule has 9 heteroatoms. The lowest BCUT2D eigenvalue weighted by Crippen LogP contribution is -2.46. The van der Waals surface area contributed by atoms with Crippen LogP contribution in [0.5, 0.6) is 0 Å². The van der Waals surface area contributed by atoms with Gasteiger partial charge in [0.15, 0.2) is 5.78 Å². The molecule has 0 spiro atoms. The van der Waals surface area contributed by atoms with Gasteiger partial charge >= 0.3 is 6.18 Å². The molecule has 190 valence electrons. The summed E-state index contributed by atoms with van der Waals surface area (Å²) in [6.07, 6.45) is -5.31. The zero-order chi connectivity index (χ0) is 26.3. The highest BCUT2D eigenvalue weighted by Crippen LogP contribution is 2.30. The lowest BCUT2D eigenvalue weighted by atomic mass is 9.81. The van der Waals surface area contributed by atoms with Crippen LogP contribution < -0.4 is 5.32 Å². The summed E-state index contributed by atoms with van der Waals surface area (Å²) in [7, 11) is 0. The van der Waals surface area contributed by atoms with Gasteiger partial charge in [-0.1, -0.05) is 80.4 Å². The van der Waals surface area contributed by atoms with Crippen LogP contribution in [0.1, 0.15) is 50.7 Å². The second-order valence-corrected chi connectivity index (χ2v) is 9.69. The molecule has 2 aromatic rings. The van der Waals surface area contributed by atoms with E-state index in [0.29, 0.717) is 16.5 Å². The van der Waals surface area contributed by atoms with Gasteiger partial charge in [0.25, 0.3) is 0 Å². The van der Waals surface area contributed by atoms with Gasteiger partial charge in [0, 0.05) is 24.7 Å². The summed E-state index contributed by atoms with van der Waals surface area (Å²) < 4.78 is 39.3. The number of alkyl halides is 3. The van der Waals surface area contributed by atoms with E-state index in [4.69, 9.17) is 23.2 Å². The Morgan fingerprint density at radius 1 is 0.943 bits per heavy atom. The van der Waals surface area contributed by atoms with Gasteiger partial charge in [-0.2, -0.15) is 13.2 Å². The van der Waals surface area contributed by atoms with E-state index in [-0.39, 0.29) is 6.42 Å². The van der Waals surface area contributed by atoms with Gasteiger partial charge in [-0.3, -0.25) is 14.4 Å². The van der Waals surface area contributed by atoms with Crippen LogP contribution in [0, 0.1) is 11.8 Å². The number of halogens is 5.